The predicted molar refractivity (Wildman–Crippen MR) is 74.7 cm³/mol. The molecule has 0 radical (unpaired) electrons. The minimum atomic E-state index is 0.368. The number of hydrogen-bond donors (Lipinski definition) is 2. The Balaban J connectivity index is 1.80. The van der Waals surface area contributed by atoms with Gasteiger partial charge in [0, 0.05) is 12.1 Å². The van der Waals surface area contributed by atoms with E-state index in [9.17, 15) is 5.11 Å². The Morgan fingerprint density at radius 2 is 1.83 bits per heavy atom. The van der Waals surface area contributed by atoms with Crippen LogP contribution in [0.5, 0.6) is 5.75 Å². The van der Waals surface area contributed by atoms with Crippen molar-refractivity contribution in [2.24, 2.45) is 0 Å². The molecule has 2 aromatic rings. The summed E-state index contributed by atoms with van der Waals surface area (Å²) in [6.07, 6.45) is 1.01. The molecule has 0 saturated carbocycles. The van der Waals surface area contributed by atoms with Gasteiger partial charge in [-0.1, -0.05) is 48.0 Å². The van der Waals surface area contributed by atoms with Gasteiger partial charge in [-0.05, 0) is 31.5 Å². The lowest BCUT2D eigenvalue weighted by Gasteiger charge is -2.08. The van der Waals surface area contributed by atoms with E-state index in [-0.39, 0.29) is 0 Å². The van der Waals surface area contributed by atoms with Crippen LogP contribution in [0.25, 0.3) is 0 Å². The summed E-state index contributed by atoms with van der Waals surface area (Å²) in [5.74, 6) is 0.368. The molecule has 18 heavy (non-hydrogen) atoms. The number of nitrogens with one attached hydrogen (secondary N) is 1. The van der Waals surface area contributed by atoms with Crippen LogP contribution >= 0.6 is 0 Å². The Hall–Kier alpha value is -1.80. The Kier molecular flexibility index (Phi) is 4.37. The molecule has 2 nitrogen and oxygen atoms in total. The van der Waals surface area contributed by atoms with Gasteiger partial charge in [-0.2, -0.15) is 0 Å². The molecule has 0 aromatic heterocycles. The van der Waals surface area contributed by atoms with Crippen molar-refractivity contribution in [2.45, 2.75) is 19.9 Å². The summed E-state index contributed by atoms with van der Waals surface area (Å²) < 4.78 is 0. The Morgan fingerprint density at radius 1 is 1.06 bits per heavy atom. The van der Waals surface area contributed by atoms with Gasteiger partial charge in [0.2, 0.25) is 0 Å². The minimum Gasteiger partial charge on any atom is -0.508 e. The molecule has 0 bridgehead atoms. The first-order chi connectivity index (χ1) is 8.75. The van der Waals surface area contributed by atoms with Gasteiger partial charge in [-0.15, -0.1) is 0 Å². The summed E-state index contributed by atoms with van der Waals surface area (Å²) in [6.45, 7) is 3.66. The third-order valence-corrected chi connectivity index (χ3v) is 2.98. The highest BCUT2D eigenvalue weighted by atomic mass is 16.3. The summed E-state index contributed by atoms with van der Waals surface area (Å²) in [6, 6.07) is 16.1. The van der Waals surface area contributed by atoms with Crippen LogP contribution in [0.2, 0.25) is 0 Å². The van der Waals surface area contributed by atoms with Gasteiger partial charge in [-0.25, -0.2) is 0 Å². The Bertz CT molecular complexity index is 494. The van der Waals surface area contributed by atoms with Crippen LogP contribution in [0.1, 0.15) is 16.7 Å². The van der Waals surface area contributed by atoms with Crippen LogP contribution in [0, 0.1) is 6.92 Å². The fourth-order valence-electron chi connectivity index (χ4n) is 1.96. The second-order valence-corrected chi connectivity index (χ2v) is 4.54. The molecule has 0 spiro atoms. The van der Waals surface area contributed by atoms with E-state index in [4.69, 9.17) is 0 Å². The second-order valence-electron chi connectivity index (χ2n) is 4.54. The monoisotopic (exact) mass is 241 g/mol. The molecule has 0 amide bonds. The molecule has 0 atom stereocenters. The van der Waals surface area contributed by atoms with Crippen molar-refractivity contribution in [3.05, 3.63) is 65.2 Å². The van der Waals surface area contributed by atoms with E-state index in [0.29, 0.717) is 12.3 Å². The summed E-state index contributed by atoms with van der Waals surface area (Å²) in [5, 5.41) is 13.1. The van der Waals surface area contributed by atoms with Crippen molar-refractivity contribution < 1.29 is 5.11 Å². The zero-order chi connectivity index (χ0) is 12.8. The molecule has 0 fully saturated rings. The van der Waals surface area contributed by atoms with Gasteiger partial charge in [0.25, 0.3) is 0 Å². The Labute approximate surface area is 108 Å². The molecule has 0 unspecified atom stereocenters. The lowest BCUT2D eigenvalue weighted by atomic mass is 10.1. The average molecular weight is 241 g/mol. The lowest BCUT2D eigenvalue weighted by Crippen LogP contribution is -2.16. The van der Waals surface area contributed by atoms with Crippen LogP contribution in [-0.2, 0) is 13.0 Å². The van der Waals surface area contributed by atoms with Crippen LogP contribution in [0.15, 0.2) is 48.5 Å². The van der Waals surface area contributed by atoms with Gasteiger partial charge in [0.05, 0.1) is 0 Å². The zero-order valence-corrected chi connectivity index (χ0v) is 10.7. The van der Waals surface area contributed by atoms with E-state index in [2.05, 4.69) is 29.6 Å². The molecule has 0 saturated heterocycles. The van der Waals surface area contributed by atoms with E-state index < -0.39 is 0 Å². The largest absolute Gasteiger partial charge is 0.508 e. The van der Waals surface area contributed by atoms with E-state index >= 15 is 0 Å². The number of phenols is 1. The fraction of sp³-hybridized carbons (Fsp3) is 0.250. The number of aryl methyl sites for hydroxylation is 1. The summed E-state index contributed by atoms with van der Waals surface area (Å²) in [5.41, 5.74) is 3.47. The number of benzene rings is 2. The number of hydrogen-bond acceptors (Lipinski definition) is 2. The third kappa shape index (κ3) is 3.60. The van der Waals surface area contributed by atoms with Crippen molar-refractivity contribution in [2.75, 3.05) is 6.54 Å². The second kappa shape index (κ2) is 6.22. The smallest absolute Gasteiger partial charge is 0.120 e. The molecule has 2 N–H and O–H groups in total. The van der Waals surface area contributed by atoms with Gasteiger partial charge >= 0.3 is 0 Å². The quantitative estimate of drug-likeness (QED) is 0.789. The first kappa shape index (κ1) is 12.7. The highest BCUT2D eigenvalue weighted by Gasteiger charge is 2.00. The third-order valence-electron chi connectivity index (χ3n) is 2.98. The van der Waals surface area contributed by atoms with Crippen molar-refractivity contribution in [1.29, 1.82) is 0 Å². The zero-order valence-electron chi connectivity index (χ0n) is 10.7. The van der Waals surface area contributed by atoms with Crippen LogP contribution in [0.3, 0.4) is 0 Å². The van der Waals surface area contributed by atoms with E-state index in [0.717, 1.165) is 18.5 Å². The normalized spacial score (nSPS) is 10.5. The molecule has 2 rings (SSSR count). The standard InChI is InChI=1S/C16H19NO/c1-13-7-8-16(18)15(11-13)12-17-10-9-14-5-3-2-4-6-14/h2-8,11,17-18H,9-10,12H2,1H3. The summed E-state index contributed by atoms with van der Waals surface area (Å²) >= 11 is 0. The Morgan fingerprint density at radius 3 is 2.61 bits per heavy atom. The predicted octanol–water partition coefficient (Wildman–Crippen LogP) is 3.03. The van der Waals surface area contributed by atoms with E-state index in [1.807, 2.05) is 25.1 Å². The van der Waals surface area contributed by atoms with Crippen LogP contribution in [-0.4, -0.2) is 11.7 Å². The van der Waals surface area contributed by atoms with Crippen molar-refractivity contribution >= 4 is 0 Å². The van der Waals surface area contributed by atoms with Gasteiger partial charge in [0.1, 0.15) is 5.75 Å². The maximum absolute atomic E-state index is 9.71. The number of aromatic hydroxyl groups is 1. The molecular formula is C16H19NO. The maximum atomic E-state index is 9.71. The van der Waals surface area contributed by atoms with Crippen molar-refractivity contribution in [3.63, 3.8) is 0 Å². The molecular weight excluding hydrogens is 222 g/mol. The van der Waals surface area contributed by atoms with Gasteiger partial charge < -0.3 is 10.4 Å². The first-order valence-electron chi connectivity index (χ1n) is 6.29. The minimum absolute atomic E-state index is 0.368. The molecule has 0 aliphatic rings. The maximum Gasteiger partial charge on any atom is 0.120 e. The summed E-state index contributed by atoms with van der Waals surface area (Å²) in [7, 11) is 0. The average Bonchev–Trinajstić information content (AvgIpc) is 2.40. The molecule has 0 aliphatic carbocycles. The van der Waals surface area contributed by atoms with Crippen LogP contribution in [0.4, 0.5) is 0 Å². The highest BCUT2D eigenvalue weighted by molar-refractivity contribution is 5.35. The first-order valence-corrected chi connectivity index (χ1v) is 6.29. The van der Waals surface area contributed by atoms with E-state index in [1.54, 1.807) is 6.07 Å². The topological polar surface area (TPSA) is 32.3 Å². The molecule has 0 aliphatic heterocycles. The van der Waals surface area contributed by atoms with Crippen LogP contribution < -0.4 is 5.32 Å². The van der Waals surface area contributed by atoms with Gasteiger partial charge in [-0.3, -0.25) is 0 Å². The fourth-order valence-corrected chi connectivity index (χ4v) is 1.96. The highest BCUT2D eigenvalue weighted by Crippen LogP contribution is 2.17. The van der Waals surface area contributed by atoms with Gasteiger partial charge in [0.15, 0.2) is 0 Å². The number of rotatable bonds is 5. The summed E-state index contributed by atoms with van der Waals surface area (Å²) in [4.78, 5) is 0. The molecule has 94 valence electrons. The van der Waals surface area contributed by atoms with Crippen molar-refractivity contribution in [3.8, 4) is 5.75 Å². The van der Waals surface area contributed by atoms with E-state index in [1.165, 1.54) is 11.1 Å². The molecule has 2 heteroatoms. The number of phenolic OH excluding ortho intramolecular Hbond substituents is 1. The van der Waals surface area contributed by atoms with Crippen molar-refractivity contribution in [1.82, 2.24) is 5.32 Å². The molecule has 0 heterocycles. The molecule has 2 aromatic carbocycles. The lowest BCUT2D eigenvalue weighted by molar-refractivity contribution is 0.464. The SMILES string of the molecule is Cc1ccc(O)c(CNCCc2ccccc2)c1.